The highest BCUT2D eigenvalue weighted by molar-refractivity contribution is 5.24. The molecule has 0 aliphatic rings. The van der Waals surface area contributed by atoms with E-state index in [1.165, 1.54) is 0 Å². The fourth-order valence-corrected chi connectivity index (χ4v) is 2.17. The van der Waals surface area contributed by atoms with Crippen LogP contribution in [0.2, 0.25) is 0 Å². The topological polar surface area (TPSA) is 43.8 Å². The molecule has 2 aromatic rings. The minimum absolute atomic E-state index is 0.196. The zero-order valence-corrected chi connectivity index (χ0v) is 11.0. The Morgan fingerprint density at radius 2 is 2.05 bits per heavy atom. The molecule has 1 aromatic carbocycles. The van der Waals surface area contributed by atoms with E-state index in [4.69, 9.17) is 5.73 Å². The molecule has 1 unspecified atom stereocenters. The molecular formula is C14H17F2N3. The molecule has 5 heteroatoms. The van der Waals surface area contributed by atoms with Gasteiger partial charge in [-0.1, -0.05) is 0 Å². The Kier molecular flexibility index (Phi) is 3.95. The Hall–Kier alpha value is -1.75. The highest BCUT2D eigenvalue weighted by Gasteiger charge is 2.15. The van der Waals surface area contributed by atoms with Gasteiger partial charge in [0.15, 0.2) is 0 Å². The van der Waals surface area contributed by atoms with Crippen molar-refractivity contribution in [3.05, 3.63) is 52.9 Å². The van der Waals surface area contributed by atoms with E-state index in [1.807, 2.05) is 24.6 Å². The largest absolute Gasteiger partial charge is 0.324 e. The molecule has 1 atom stereocenters. The van der Waals surface area contributed by atoms with E-state index in [-0.39, 0.29) is 5.56 Å². The second-order valence-corrected chi connectivity index (χ2v) is 4.57. The summed E-state index contributed by atoms with van der Waals surface area (Å²) in [6.45, 7) is 4.59. The molecule has 0 saturated carbocycles. The van der Waals surface area contributed by atoms with Crippen molar-refractivity contribution < 1.29 is 8.78 Å². The quantitative estimate of drug-likeness (QED) is 0.923. The predicted molar refractivity (Wildman–Crippen MR) is 69.6 cm³/mol. The number of rotatable bonds is 4. The zero-order valence-electron chi connectivity index (χ0n) is 11.0. The number of aryl methyl sites for hydroxylation is 2. The van der Waals surface area contributed by atoms with Crippen molar-refractivity contribution in [3.8, 4) is 0 Å². The minimum Gasteiger partial charge on any atom is -0.324 e. The lowest BCUT2D eigenvalue weighted by Crippen LogP contribution is -2.17. The molecule has 0 aliphatic heterocycles. The zero-order chi connectivity index (χ0) is 14.0. The third-order valence-electron chi connectivity index (χ3n) is 3.07. The van der Waals surface area contributed by atoms with Crippen LogP contribution < -0.4 is 5.73 Å². The van der Waals surface area contributed by atoms with Gasteiger partial charge in [0.2, 0.25) is 0 Å². The van der Waals surface area contributed by atoms with Crippen molar-refractivity contribution in [2.24, 2.45) is 5.73 Å². The van der Waals surface area contributed by atoms with Crippen LogP contribution in [0.5, 0.6) is 0 Å². The van der Waals surface area contributed by atoms with Gasteiger partial charge in [-0.05, 0) is 38.1 Å². The lowest BCUT2D eigenvalue weighted by molar-refractivity contribution is 0.544. The Balaban J connectivity index is 2.25. The van der Waals surface area contributed by atoms with Gasteiger partial charge >= 0.3 is 0 Å². The second-order valence-electron chi connectivity index (χ2n) is 4.57. The molecule has 0 spiro atoms. The maximum Gasteiger partial charge on any atom is 0.128 e. The SMILES string of the molecule is CCn1nc(C)cc1CC(N)c1cc(F)ccc1F. The number of hydrogen-bond acceptors (Lipinski definition) is 2. The van der Waals surface area contributed by atoms with Crippen molar-refractivity contribution in [2.75, 3.05) is 0 Å². The molecule has 0 radical (unpaired) electrons. The van der Waals surface area contributed by atoms with Crippen molar-refractivity contribution in [1.29, 1.82) is 0 Å². The third-order valence-corrected chi connectivity index (χ3v) is 3.07. The van der Waals surface area contributed by atoms with Gasteiger partial charge in [-0.25, -0.2) is 8.78 Å². The van der Waals surface area contributed by atoms with Crippen LogP contribution in [0.15, 0.2) is 24.3 Å². The van der Waals surface area contributed by atoms with Gasteiger partial charge in [-0.3, -0.25) is 4.68 Å². The van der Waals surface area contributed by atoms with Crippen LogP contribution in [-0.4, -0.2) is 9.78 Å². The molecule has 2 rings (SSSR count). The van der Waals surface area contributed by atoms with Gasteiger partial charge in [-0.15, -0.1) is 0 Å². The molecule has 0 fully saturated rings. The van der Waals surface area contributed by atoms with Crippen LogP contribution in [-0.2, 0) is 13.0 Å². The number of nitrogens with two attached hydrogens (primary N) is 1. The van der Waals surface area contributed by atoms with Gasteiger partial charge in [0.1, 0.15) is 11.6 Å². The number of aromatic nitrogens is 2. The summed E-state index contributed by atoms with van der Waals surface area (Å²) in [5.74, 6) is -0.958. The summed E-state index contributed by atoms with van der Waals surface area (Å²) in [6, 6.07) is 4.68. The van der Waals surface area contributed by atoms with Gasteiger partial charge < -0.3 is 5.73 Å². The Bertz CT molecular complexity index is 578. The highest BCUT2D eigenvalue weighted by atomic mass is 19.1. The van der Waals surface area contributed by atoms with E-state index in [0.717, 1.165) is 36.1 Å². The van der Waals surface area contributed by atoms with E-state index < -0.39 is 17.7 Å². The van der Waals surface area contributed by atoms with Gasteiger partial charge in [0.25, 0.3) is 0 Å². The van der Waals surface area contributed by atoms with Crippen LogP contribution in [0.3, 0.4) is 0 Å². The summed E-state index contributed by atoms with van der Waals surface area (Å²) in [5.41, 5.74) is 8.00. The lowest BCUT2D eigenvalue weighted by atomic mass is 10.0. The van der Waals surface area contributed by atoms with Crippen LogP contribution in [0.4, 0.5) is 8.78 Å². The van der Waals surface area contributed by atoms with Gasteiger partial charge in [0.05, 0.1) is 5.69 Å². The number of nitrogens with zero attached hydrogens (tertiary/aromatic N) is 2. The summed E-state index contributed by atoms with van der Waals surface area (Å²) in [5, 5.41) is 4.31. The fourth-order valence-electron chi connectivity index (χ4n) is 2.17. The molecule has 0 amide bonds. The third kappa shape index (κ3) is 2.98. The molecule has 0 saturated heterocycles. The fraction of sp³-hybridized carbons (Fsp3) is 0.357. The van der Waals surface area contributed by atoms with Crippen LogP contribution >= 0.6 is 0 Å². The molecular weight excluding hydrogens is 248 g/mol. The monoisotopic (exact) mass is 265 g/mol. The molecule has 1 aromatic heterocycles. The molecule has 0 bridgehead atoms. The molecule has 3 nitrogen and oxygen atoms in total. The molecule has 2 N–H and O–H groups in total. The molecule has 102 valence electrons. The number of halogens is 2. The highest BCUT2D eigenvalue weighted by Crippen LogP contribution is 2.20. The van der Waals surface area contributed by atoms with E-state index in [0.29, 0.717) is 6.42 Å². The second kappa shape index (κ2) is 5.48. The lowest BCUT2D eigenvalue weighted by Gasteiger charge is -2.14. The standard InChI is InChI=1S/C14H17F2N3/c1-3-19-11(6-9(2)18-19)8-14(17)12-7-10(15)4-5-13(12)16/h4-7,14H,3,8,17H2,1-2H3. The summed E-state index contributed by atoms with van der Waals surface area (Å²) >= 11 is 0. The molecule has 1 heterocycles. The number of hydrogen-bond donors (Lipinski definition) is 1. The van der Waals surface area contributed by atoms with Crippen molar-refractivity contribution in [3.63, 3.8) is 0 Å². The van der Waals surface area contributed by atoms with E-state index in [2.05, 4.69) is 5.10 Å². The van der Waals surface area contributed by atoms with E-state index >= 15 is 0 Å². The minimum atomic E-state index is -0.586. The molecule has 19 heavy (non-hydrogen) atoms. The maximum atomic E-state index is 13.6. The van der Waals surface area contributed by atoms with E-state index in [9.17, 15) is 8.78 Å². The van der Waals surface area contributed by atoms with Crippen LogP contribution in [0.1, 0.15) is 29.9 Å². The van der Waals surface area contributed by atoms with Crippen molar-refractivity contribution >= 4 is 0 Å². The summed E-state index contributed by atoms with van der Waals surface area (Å²) in [6.07, 6.45) is 0.426. The van der Waals surface area contributed by atoms with Gasteiger partial charge in [0, 0.05) is 30.3 Å². The first-order valence-electron chi connectivity index (χ1n) is 6.25. The first kappa shape index (κ1) is 13.7. The summed E-state index contributed by atoms with van der Waals surface area (Å²) in [4.78, 5) is 0. The Morgan fingerprint density at radius 1 is 1.32 bits per heavy atom. The first-order chi connectivity index (χ1) is 9.01. The summed E-state index contributed by atoms with van der Waals surface area (Å²) < 4.78 is 28.6. The Labute approximate surface area is 111 Å². The number of benzene rings is 1. The normalized spacial score (nSPS) is 12.7. The first-order valence-corrected chi connectivity index (χ1v) is 6.25. The average molecular weight is 265 g/mol. The van der Waals surface area contributed by atoms with Crippen LogP contribution in [0.25, 0.3) is 0 Å². The van der Waals surface area contributed by atoms with Crippen LogP contribution in [0, 0.1) is 18.6 Å². The van der Waals surface area contributed by atoms with E-state index in [1.54, 1.807) is 0 Å². The van der Waals surface area contributed by atoms with Gasteiger partial charge in [-0.2, -0.15) is 5.10 Å². The smallest absolute Gasteiger partial charge is 0.128 e. The predicted octanol–water partition coefficient (Wildman–Crippen LogP) is 2.73. The van der Waals surface area contributed by atoms with Crippen molar-refractivity contribution in [1.82, 2.24) is 9.78 Å². The summed E-state index contributed by atoms with van der Waals surface area (Å²) in [7, 11) is 0. The van der Waals surface area contributed by atoms with Crippen molar-refractivity contribution in [2.45, 2.75) is 32.9 Å². The molecule has 0 aliphatic carbocycles. The maximum absolute atomic E-state index is 13.6. The Morgan fingerprint density at radius 3 is 2.74 bits per heavy atom. The average Bonchev–Trinajstić information content (AvgIpc) is 2.72.